The summed E-state index contributed by atoms with van der Waals surface area (Å²) in [6.45, 7) is 4.49. The van der Waals surface area contributed by atoms with E-state index in [1.807, 2.05) is 30.9 Å². The molecule has 1 aromatic carbocycles. The summed E-state index contributed by atoms with van der Waals surface area (Å²) in [5.41, 5.74) is -0.240. The number of hydrogen-bond acceptors (Lipinski definition) is 3. The number of carbonyl (C=O) groups is 2. The fraction of sp³-hybridized carbons (Fsp3) is 0.565. The second kappa shape index (κ2) is 6.39. The number of fused-ring (bicyclic) bond motifs is 1. The molecule has 1 N–H and O–H groups in total. The van der Waals surface area contributed by atoms with E-state index in [0.29, 0.717) is 6.54 Å². The molecule has 0 unspecified atom stereocenters. The van der Waals surface area contributed by atoms with Gasteiger partial charge in [0.1, 0.15) is 11.4 Å². The first-order chi connectivity index (χ1) is 13.9. The first-order valence-corrected chi connectivity index (χ1v) is 10.6. The third kappa shape index (κ3) is 2.68. The summed E-state index contributed by atoms with van der Waals surface area (Å²) in [7, 11) is 0. The Kier molecular flexibility index (Phi) is 4.14. The van der Waals surface area contributed by atoms with Crippen molar-refractivity contribution in [1.29, 1.82) is 0 Å². The third-order valence-corrected chi connectivity index (χ3v) is 7.27. The molecule has 2 bridgehead atoms. The second-order valence-electron chi connectivity index (χ2n) is 9.25. The summed E-state index contributed by atoms with van der Waals surface area (Å²) in [5, 5.41) is 3.28. The Morgan fingerprint density at radius 3 is 2.59 bits per heavy atom. The van der Waals surface area contributed by atoms with E-state index in [1.54, 1.807) is 12.1 Å². The number of rotatable bonds is 4. The molecule has 1 spiro atoms. The van der Waals surface area contributed by atoms with E-state index < -0.39 is 23.0 Å². The number of halogens is 1. The van der Waals surface area contributed by atoms with Crippen LogP contribution in [0.4, 0.5) is 4.39 Å². The van der Waals surface area contributed by atoms with Gasteiger partial charge in [0.05, 0.1) is 30.0 Å². The predicted octanol–water partition coefficient (Wildman–Crippen LogP) is 2.90. The Hall–Kier alpha value is -2.21. The maximum Gasteiger partial charge on any atom is 0.230 e. The first kappa shape index (κ1) is 18.8. The summed E-state index contributed by atoms with van der Waals surface area (Å²) in [6, 6.07) is 6.49. The van der Waals surface area contributed by atoms with Gasteiger partial charge in [-0.15, -0.1) is 0 Å². The molecule has 2 amide bonds. The number of carbonyl (C=O) groups excluding carboxylic acids is 2. The van der Waals surface area contributed by atoms with Gasteiger partial charge in [-0.25, -0.2) is 4.39 Å². The number of amides is 2. The molecular formula is C23H27FN2O3. The molecule has 0 aromatic heterocycles. The minimum Gasteiger partial charge on any atom is -0.360 e. The van der Waals surface area contributed by atoms with Crippen LogP contribution in [0.5, 0.6) is 0 Å². The van der Waals surface area contributed by atoms with Crippen LogP contribution < -0.4 is 5.32 Å². The molecule has 29 heavy (non-hydrogen) atoms. The average molecular weight is 398 g/mol. The Morgan fingerprint density at radius 2 is 1.93 bits per heavy atom. The molecule has 4 atom stereocenters. The third-order valence-electron chi connectivity index (χ3n) is 7.27. The number of ether oxygens (including phenoxy) is 1. The van der Waals surface area contributed by atoms with Crippen molar-refractivity contribution in [3.63, 3.8) is 0 Å². The summed E-state index contributed by atoms with van der Waals surface area (Å²) in [4.78, 5) is 28.5. The summed E-state index contributed by atoms with van der Waals surface area (Å²) in [6.07, 6.45) is 7.23. The molecular weight excluding hydrogens is 371 g/mol. The summed E-state index contributed by atoms with van der Waals surface area (Å²) in [5.74, 6) is -1.39. The fourth-order valence-corrected chi connectivity index (χ4v) is 5.82. The number of nitrogens with one attached hydrogen (secondary N) is 1. The van der Waals surface area contributed by atoms with Crippen LogP contribution in [0.1, 0.15) is 45.1 Å². The highest BCUT2D eigenvalue weighted by Crippen LogP contribution is 2.52. The topological polar surface area (TPSA) is 58.6 Å². The van der Waals surface area contributed by atoms with Gasteiger partial charge in [-0.3, -0.25) is 9.59 Å². The molecule has 3 aliphatic heterocycles. The number of nitrogens with zero attached hydrogens (tertiary/aromatic N) is 1. The molecule has 0 radical (unpaired) electrons. The summed E-state index contributed by atoms with van der Waals surface area (Å²) >= 11 is 0. The van der Waals surface area contributed by atoms with Gasteiger partial charge in [0, 0.05) is 6.04 Å². The van der Waals surface area contributed by atoms with Gasteiger partial charge in [-0.2, -0.15) is 0 Å². The van der Waals surface area contributed by atoms with E-state index >= 15 is 0 Å². The Balaban J connectivity index is 1.44. The van der Waals surface area contributed by atoms with Crippen LogP contribution in [-0.2, 0) is 19.9 Å². The molecule has 1 aromatic rings. The molecule has 3 fully saturated rings. The number of hydrogen-bond donors (Lipinski definition) is 1. The van der Waals surface area contributed by atoms with Gasteiger partial charge < -0.3 is 15.0 Å². The Labute approximate surface area is 170 Å². The van der Waals surface area contributed by atoms with E-state index in [-0.39, 0.29) is 29.8 Å². The van der Waals surface area contributed by atoms with Crippen LogP contribution in [0, 0.1) is 17.7 Å². The molecule has 1 saturated carbocycles. The number of likely N-dealkylation sites (tertiary alicyclic amines) is 1. The predicted molar refractivity (Wildman–Crippen MR) is 105 cm³/mol. The van der Waals surface area contributed by atoms with E-state index in [0.717, 1.165) is 31.2 Å². The van der Waals surface area contributed by atoms with Crippen molar-refractivity contribution in [2.45, 2.75) is 62.8 Å². The minimum absolute atomic E-state index is 0.00857. The van der Waals surface area contributed by atoms with Crippen LogP contribution in [0.25, 0.3) is 0 Å². The zero-order valence-electron chi connectivity index (χ0n) is 16.9. The van der Waals surface area contributed by atoms with Crippen LogP contribution in [0.15, 0.2) is 36.4 Å². The fourth-order valence-electron chi connectivity index (χ4n) is 5.82. The van der Waals surface area contributed by atoms with Crippen molar-refractivity contribution in [2.75, 3.05) is 6.54 Å². The summed E-state index contributed by atoms with van der Waals surface area (Å²) < 4.78 is 19.6. The monoisotopic (exact) mass is 398 g/mol. The maximum absolute atomic E-state index is 13.5. The smallest absolute Gasteiger partial charge is 0.230 e. The molecule has 154 valence electrons. The molecule has 1 aliphatic carbocycles. The standard InChI is InChI=1S/C23H27FN2O3/c1-14(2)26-13-23-12-9-17(29-23)18(19(23)21(26)28)20(27)25-22(10-3-4-11-22)15-5-7-16(24)8-6-15/h5-9,12,14,17-19H,3-4,10-11,13H2,1-2H3,(H,25,27)/t17-,18+,19-,23+/m1/s1. The van der Waals surface area contributed by atoms with Crippen molar-refractivity contribution < 1.29 is 18.7 Å². The Bertz CT molecular complexity index is 875. The highest BCUT2D eigenvalue weighted by Gasteiger charge is 2.67. The lowest BCUT2D eigenvalue weighted by molar-refractivity contribution is -0.139. The van der Waals surface area contributed by atoms with Gasteiger partial charge in [-0.1, -0.05) is 37.1 Å². The highest BCUT2D eigenvalue weighted by atomic mass is 19.1. The minimum atomic E-state index is -0.674. The highest BCUT2D eigenvalue weighted by molar-refractivity contribution is 5.93. The number of benzene rings is 1. The van der Waals surface area contributed by atoms with E-state index in [1.165, 1.54) is 12.1 Å². The first-order valence-electron chi connectivity index (χ1n) is 10.6. The molecule has 6 heteroatoms. The van der Waals surface area contributed by atoms with Gasteiger partial charge in [-0.05, 0) is 44.4 Å². The lowest BCUT2D eigenvalue weighted by Crippen LogP contribution is -2.51. The van der Waals surface area contributed by atoms with Crippen molar-refractivity contribution in [1.82, 2.24) is 10.2 Å². The van der Waals surface area contributed by atoms with E-state index in [2.05, 4.69) is 5.32 Å². The molecule has 4 aliphatic rings. The van der Waals surface area contributed by atoms with Gasteiger partial charge in [0.2, 0.25) is 11.8 Å². The van der Waals surface area contributed by atoms with Crippen molar-refractivity contribution in [2.24, 2.45) is 11.8 Å². The normalized spacial score (nSPS) is 34.3. The SMILES string of the molecule is CC(C)N1C[C@]23C=C[C@@H](O2)[C@H](C(=O)NC2(c4ccc(F)cc4)CCCC2)[C@@H]3C1=O. The van der Waals surface area contributed by atoms with Gasteiger partial charge in [0.25, 0.3) is 0 Å². The largest absolute Gasteiger partial charge is 0.360 e. The van der Waals surface area contributed by atoms with Crippen LogP contribution in [0.3, 0.4) is 0 Å². The van der Waals surface area contributed by atoms with E-state index in [4.69, 9.17) is 4.74 Å². The zero-order chi connectivity index (χ0) is 20.4. The second-order valence-corrected chi connectivity index (χ2v) is 9.25. The van der Waals surface area contributed by atoms with Gasteiger partial charge in [0.15, 0.2) is 0 Å². The quantitative estimate of drug-likeness (QED) is 0.794. The molecule has 2 saturated heterocycles. The molecule has 3 heterocycles. The lowest BCUT2D eigenvalue weighted by atomic mass is 9.76. The lowest BCUT2D eigenvalue weighted by Gasteiger charge is -2.34. The molecule has 5 nitrogen and oxygen atoms in total. The van der Waals surface area contributed by atoms with Gasteiger partial charge >= 0.3 is 0 Å². The van der Waals surface area contributed by atoms with Crippen LogP contribution >= 0.6 is 0 Å². The van der Waals surface area contributed by atoms with Crippen LogP contribution in [0.2, 0.25) is 0 Å². The van der Waals surface area contributed by atoms with Crippen molar-refractivity contribution in [3.8, 4) is 0 Å². The van der Waals surface area contributed by atoms with Crippen LogP contribution in [-0.4, -0.2) is 41.0 Å². The zero-order valence-corrected chi connectivity index (χ0v) is 16.9. The maximum atomic E-state index is 13.5. The average Bonchev–Trinajstić information content (AvgIpc) is 3.44. The van der Waals surface area contributed by atoms with E-state index in [9.17, 15) is 14.0 Å². The van der Waals surface area contributed by atoms with Crippen molar-refractivity contribution >= 4 is 11.8 Å². The Morgan fingerprint density at radius 1 is 1.24 bits per heavy atom. The van der Waals surface area contributed by atoms with Crippen molar-refractivity contribution in [3.05, 3.63) is 47.8 Å². The molecule has 5 rings (SSSR count).